The molecule has 0 amide bonds. The zero-order valence-corrected chi connectivity index (χ0v) is 19.3. The fraction of sp³-hybridized carbons (Fsp3) is 0.857. The van der Waals surface area contributed by atoms with Crippen LogP contribution >= 0.6 is 0 Å². The maximum Gasteiger partial charge on any atom is 0.313 e. The van der Waals surface area contributed by atoms with Crippen LogP contribution < -0.4 is 0 Å². The van der Waals surface area contributed by atoms with Crippen molar-refractivity contribution >= 4 is 17.9 Å². The summed E-state index contributed by atoms with van der Waals surface area (Å²) in [4.78, 5) is 36.8. The average molecular weight is 433 g/mol. The number of hydrogen-bond donors (Lipinski definition) is 2. The predicted molar refractivity (Wildman–Crippen MR) is 106 cm³/mol. The first kappa shape index (κ1) is 26.3. The van der Waals surface area contributed by atoms with Crippen LogP contribution in [0.3, 0.4) is 0 Å². The summed E-state index contributed by atoms with van der Waals surface area (Å²) < 4.78 is 21.5. The van der Waals surface area contributed by atoms with Crippen molar-refractivity contribution in [1.29, 1.82) is 0 Å². The third-order valence-electron chi connectivity index (χ3n) is 4.33. The molecule has 9 nitrogen and oxygen atoms in total. The quantitative estimate of drug-likeness (QED) is 0.502. The molecule has 30 heavy (non-hydrogen) atoms. The minimum absolute atomic E-state index is 0.377. The van der Waals surface area contributed by atoms with Crippen LogP contribution in [0, 0.1) is 16.2 Å². The van der Waals surface area contributed by atoms with Gasteiger partial charge in [0.1, 0.15) is 24.9 Å². The van der Waals surface area contributed by atoms with Gasteiger partial charge < -0.3 is 29.2 Å². The number of esters is 3. The Balaban J connectivity index is 3.07. The van der Waals surface area contributed by atoms with Crippen molar-refractivity contribution in [1.82, 2.24) is 0 Å². The molecule has 0 unspecified atom stereocenters. The highest BCUT2D eigenvalue weighted by atomic mass is 16.7. The van der Waals surface area contributed by atoms with Crippen LogP contribution in [0.25, 0.3) is 0 Å². The topological polar surface area (TPSA) is 129 Å². The molecule has 1 aliphatic heterocycles. The summed E-state index contributed by atoms with van der Waals surface area (Å²) in [6.45, 7) is 14.4. The number of aliphatic hydroxyl groups is 2. The minimum atomic E-state index is -1.62. The van der Waals surface area contributed by atoms with E-state index in [1.54, 1.807) is 62.3 Å². The predicted octanol–water partition coefficient (Wildman–Crippen LogP) is 1.57. The van der Waals surface area contributed by atoms with Crippen LogP contribution in [-0.2, 0) is 33.3 Å². The van der Waals surface area contributed by atoms with Gasteiger partial charge in [-0.1, -0.05) is 0 Å². The third kappa shape index (κ3) is 6.92. The number of carbonyl (C=O) groups is 3. The van der Waals surface area contributed by atoms with Gasteiger partial charge >= 0.3 is 17.9 Å². The average Bonchev–Trinajstić information content (AvgIpc) is 2.56. The molecule has 9 heteroatoms. The lowest BCUT2D eigenvalue weighted by molar-refractivity contribution is -0.300. The first-order chi connectivity index (χ1) is 13.4. The monoisotopic (exact) mass is 432 g/mol. The molecule has 0 spiro atoms. The Morgan fingerprint density at radius 2 is 1.17 bits per heavy atom. The fourth-order valence-electron chi connectivity index (χ4n) is 2.22. The van der Waals surface area contributed by atoms with Crippen molar-refractivity contribution in [3.8, 4) is 0 Å². The summed E-state index contributed by atoms with van der Waals surface area (Å²) in [7, 11) is 0. The normalized spacial score (nSPS) is 27.9. The highest BCUT2D eigenvalue weighted by Crippen LogP contribution is 2.30. The molecule has 0 aliphatic carbocycles. The molecule has 0 radical (unpaired) electrons. The van der Waals surface area contributed by atoms with E-state index in [9.17, 15) is 24.6 Å². The van der Waals surface area contributed by atoms with E-state index in [4.69, 9.17) is 18.9 Å². The maximum absolute atomic E-state index is 12.4. The van der Waals surface area contributed by atoms with Crippen LogP contribution in [-0.4, -0.2) is 65.4 Å². The Morgan fingerprint density at radius 1 is 0.733 bits per heavy atom. The Hall–Kier alpha value is -1.71. The van der Waals surface area contributed by atoms with Gasteiger partial charge in [0, 0.05) is 0 Å². The standard InChI is InChI=1S/C21H36O9/c1-19(2,3)16(24)27-10-11-12(22)13(23)14(29-17(25)20(4,5)6)15(28-11)30-18(26)21(7,8)9/h11-15,22-23H,10H2,1-9H3/t11-,12-,13+,14-,15+/m1/s1. The lowest BCUT2D eigenvalue weighted by atomic mass is 9.95. The summed E-state index contributed by atoms with van der Waals surface area (Å²) in [5.41, 5.74) is -2.57. The summed E-state index contributed by atoms with van der Waals surface area (Å²) in [5, 5.41) is 21.0. The molecule has 5 atom stereocenters. The molecular weight excluding hydrogens is 396 g/mol. The molecule has 0 aromatic carbocycles. The number of hydrogen-bond acceptors (Lipinski definition) is 9. The van der Waals surface area contributed by atoms with Crippen LogP contribution in [0.5, 0.6) is 0 Å². The van der Waals surface area contributed by atoms with Gasteiger partial charge in [0.25, 0.3) is 0 Å². The van der Waals surface area contributed by atoms with Crippen LogP contribution in [0.1, 0.15) is 62.3 Å². The van der Waals surface area contributed by atoms with E-state index < -0.39 is 64.9 Å². The highest BCUT2D eigenvalue weighted by Gasteiger charge is 2.50. The Kier molecular flexibility index (Phi) is 8.07. The first-order valence-corrected chi connectivity index (χ1v) is 9.96. The van der Waals surface area contributed by atoms with E-state index >= 15 is 0 Å². The van der Waals surface area contributed by atoms with Gasteiger partial charge in [0.05, 0.1) is 16.2 Å². The van der Waals surface area contributed by atoms with Crippen molar-refractivity contribution in [2.24, 2.45) is 16.2 Å². The molecule has 1 saturated heterocycles. The highest BCUT2D eigenvalue weighted by molar-refractivity contribution is 5.77. The van der Waals surface area contributed by atoms with Crippen molar-refractivity contribution in [3.63, 3.8) is 0 Å². The second-order valence-corrected chi connectivity index (χ2v) is 10.6. The molecule has 1 fully saturated rings. The molecule has 0 saturated carbocycles. The van der Waals surface area contributed by atoms with E-state index in [2.05, 4.69) is 0 Å². The summed E-state index contributed by atoms with van der Waals surface area (Å²) >= 11 is 0. The summed E-state index contributed by atoms with van der Waals surface area (Å²) in [6.07, 6.45) is -7.29. The van der Waals surface area contributed by atoms with Crippen molar-refractivity contribution < 1.29 is 43.5 Å². The molecule has 174 valence electrons. The molecule has 2 N–H and O–H groups in total. The van der Waals surface area contributed by atoms with E-state index in [1.165, 1.54) is 0 Å². The van der Waals surface area contributed by atoms with Gasteiger partial charge in [-0.15, -0.1) is 0 Å². The first-order valence-electron chi connectivity index (χ1n) is 9.96. The van der Waals surface area contributed by atoms with E-state index in [0.29, 0.717) is 0 Å². The Labute approximate surface area is 178 Å². The van der Waals surface area contributed by atoms with Crippen LogP contribution in [0.15, 0.2) is 0 Å². The van der Waals surface area contributed by atoms with E-state index in [0.717, 1.165) is 0 Å². The van der Waals surface area contributed by atoms with Gasteiger partial charge in [0.15, 0.2) is 6.10 Å². The number of carbonyl (C=O) groups excluding carboxylic acids is 3. The van der Waals surface area contributed by atoms with Gasteiger partial charge in [-0.2, -0.15) is 0 Å². The molecule has 1 aliphatic rings. The molecular formula is C21H36O9. The largest absolute Gasteiger partial charge is 0.462 e. The van der Waals surface area contributed by atoms with Crippen molar-refractivity contribution in [3.05, 3.63) is 0 Å². The maximum atomic E-state index is 12.4. The molecule has 1 heterocycles. The van der Waals surface area contributed by atoms with Crippen LogP contribution in [0.2, 0.25) is 0 Å². The number of aliphatic hydroxyl groups excluding tert-OH is 2. The number of rotatable bonds is 4. The number of ether oxygens (including phenoxy) is 4. The molecule has 0 aromatic rings. The van der Waals surface area contributed by atoms with Crippen LogP contribution in [0.4, 0.5) is 0 Å². The molecule has 0 bridgehead atoms. The van der Waals surface area contributed by atoms with Gasteiger partial charge in [-0.05, 0) is 62.3 Å². The molecule has 0 aromatic heterocycles. The minimum Gasteiger partial charge on any atom is -0.462 e. The van der Waals surface area contributed by atoms with Gasteiger partial charge in [0.2, 0.25) is 6.29 Å². The summed E-state index contributed by atoms with van der Waals surface area (Å²) in [6, 6.07) is 0. The third-order valence-corrected chi connectivity index (χ3v) is 4.33. The lowest BCUT2D eigenvalue weighted by Crippen LogP contribution is -2.61. The fourth-order valence-corrected chi connectivity index (χ4v) is 2.22. The zero-order chi connectivity index (χ0) is 23.7. The van der Waals surface area contributed by atoms with E-state index in [-0.39, 0.29) is 6.61 Å². The van der Waals surface area contributed by atoms with Crippen molar-refractivity contribution in [2.75, 3.05) is 6.61 Å². The second-order valence-electron chi connectivity index (χ2n) is 10.6. The Bertz CT molecular complexity index is 634. The molecule has 1 rings (SSSR count). The Morgan fingerprint density at radius 3 is 1.60 bits per heavy atom. The smallest absolute Gasteiger partial charge is 0.313 e. The lowest BCUT2D eigenvalue weighted by Gasteiger charge is -2.42. The van der Waals surface area contributed by atoms with Gasteiger partial charge in [-0.25, -0.2) is 0 Å². The second kappa shape index (κ2) is 9.20. The van der Waals surface area contributed by atoms with E-state index in [1.807, 2.05) is 0 Å². The van der Waals surface area contributed by atoms with Crippen molar-refractivity contribution in [2.45, 2.75) is 93.0 Å². The SMILES string of the molecule is CC(C)(C)C(=O)OC[C@H]1O[C@@H](OC(=O)C(C)(C)C)[C@H](OC(=O)C(C)(C)C)[C@@H](O)[C@@H]1O. The van der Waals surface area contributed by atoms with Gasteiger partial charge in [-0.3, -0.25) is 14.4 Å². The summed E-state index contributed by atoms with van der Waals surface area (Å²) in [5.74, 6) is -1.85. The zero-order valence-electron chi connectivity index (χ0n) is 19.3.